The highest BCUT2D eigenvalue weighted by Gasteiger charge is 2.14. The first-order valence-electron chi connectivity index (χ1n) is 5.60. The number of nitrogens with two attached hydrogens (primary N) is 1. The maximum Gasteiger partial charge on any atom is 0.228 e. The van der Waals surface area contributed by atoms with Crippen LogP contribution < -0.4 is 5.73 Å². The van der Waals surface area contributed by atoms with Crippen molar-refractivity contribution >= 4 is 11.5 Å². The number of ether oxygens (including phenoxy) is 1. The van der Waals surface area contributed by atoms with Crippen molar-refractivity contribution in [3.8, 4) is 0 Å². The Morgan fingerprint density at radius 2 is 2.11 bits per heavy atom. The molecule has 0 aliphatic heterocycles. The lowest BCUT2D eigenvalue weighted by molar-refractivity contribution is 0.1000. The van der Waals surface area contributed by atoms with E-state index in [2.05, 4.69) is 0 Å². The van der Waals surface area contributed by atoms with Crippen molar-refractivity contribution in [1.29, 1.82) is 0 Å². The second-order valence-electron chi connectivity index (χ2n) is 4.10. The van der Waals surface area contributed by atoms with Crippen LogP contribution in [0, 0.1) is 6.92 Å². The summed E-state index contributed by atoms with van der Waals surface area (Å²) in [6.07, 6.45) is 0. The Kier molecular flexibility index (Phi) is 3.48. The fourth-order valence-electron chi connectivity index (χ4n) is 1.64. The maximum atomic E-state index is 12.1. The molecule has 0 unspecified atom stereocenters. The number of rotatable bonds is 4. The van der Waals surface area contributed by atoms with Crippen LogP contribution in [0.4, 0.5) is 5.69 Å². The van der Waals surface area contributed by atoms with E-state index in [1.165, 1.54) is 0 Å². The van der Waals surface area contributed by atoms with Gasteiger partial charge in [0.25, 0.3) is 0 Å². The molecule has 1 heterocycles. The Labute approximate surface area is 105 Å². The molecule has 0 saturated carbocycles. The van der Waals surface area contributed by atoms with Gasteiger partial charge in [-0.15, -0.1) is 0 Å². The van der Waals surface area contributed by atoms with Crippen LogP contribution >= 0.6 is 0 Å². The van der Waals surface area contributed by atoms with Crippen LogP contribution in [0.3, 0.4) is 0 Å². The van der Waals surface area contributed by atoms with Crippen LogP contribution in [0.15, 0.2) is 34.7 Å². The lowest BCUT2D eigenvalue weighted by atomic mass is 10.1. The van der Waals surface area contributed by atoms with Gasteiger partial charge < -0.3 is 14.9 Å². The van der Waals surface area contributed by atoms with Crippen LogP contribution in [-0.4, -0.2) is 12.9 Å². The van der Waals surface area contributed by atoms with Crippen molar-refractivity contribution in [2.24, 2.45) is 0 Å². The summed E-state index contributed by atoms with van der Waals surface area (Å²) in [7, 11) is 1.57. The zero-order valence-corrected chi connectivity index (χ0v) is 10.4. The van der Waals surface area contributed by atoms with E-state index >= 15 is 0 Å². The molecule has 4 heteroatoms. The Morgan fingerprint density at radius 3 is 2.78 bits per heavy atom. The summed E-state index contributed by atoms with van der Waals surface area (Å²) in [5, 5.41) is 0. The number of benzene rings is 1. The van der Waals surface area contributed by atoms with Crippen molar-refractivity contribution in [3.63, 3.8) is 0 Å². The van der Waals surface area contributed by atoms with E-state index in [-0.39, 0.29) is 5.78 Å². The minimum atomic E-state index is -0.177. The van der Waals surface area contributed by atoms with E-state index in [1.807, 2.05) is 13.0 Å². The van der Waals surface area contributed by atoms with Gasteiger partial charge in [-0.05, 0) is 30.7 Å². The smallest absolute Gasteiger partial charge is 0.228 e. The molecule has 0 fully saturated rings. The molecule has 0 radical (unpaired) electrons. The average molecular weight is 245 g/mol. The molecule has 18 heavy (non-hydrogen) atoms. The first kappa shape index (κ1) is 12.4. The van der Waals surface area contributed by atoms with Crippen molar-refractivity contribution in [2.75, 3.05) is 12.8 Å². The molecule has 1 aromatic heterocycles. The van der Waals surface area contributed by atoms with Crippen LogP contribution in [0.2, 0.25) is 0 Å². The Bertz CT molecular complexity index is 572. The summed E-state index contributed by atoms with van der Waals surface area (Å²) < 4.78 is 10.3. The zero-order valence-electron chi connectivity index (χ0n) is 10.4. The lowest BCUT2D eigenvalue weighted by Crippen LogP contribution is -2.01. The van der Waals surface area contributed by atoms with E-state index in [1.54, 1.807) is 31.4 Å². The molecule has 1 aromatic carbocycles. The number of hydrogen-bond donors (Lipinski definition) is 1. The van der Waals surface area contributed by atoms with Crippen molar-refractivity contribution in [3.05, 3.63) is 53.0 Å². The molecule has 0 aliphatic carbocycles. The molecule has 94 valence electrons. The largest absolute Gasteiger partial charge is 0.455 e. The third-order valence-corrected chi connectivity index (χ3v) is 2.71. The summed E-state index contributed by atoms with van der Waals surface area (Å²) >= 11 is 0. The van der Waals surface area contributed by atoms with Gasteiger partial charge in [0.2, 0.25) is 5.78 Å². The molecule has 2 rings (SSSR count). The summed E-state index contributed by atoms with van der Waals surface area (Å²) in [6, 6.07) is 8.60. The highest BCUT2D eigenvalue weighted by molar-refractivity contribution is 6.07. The molecule has 0 atom stereocenters. The number of ketones is 1. The predicted octanol–water partition coefficient (Wildman–Crippen LogP) is 2.55. The van der Waals surface area contributed by atoms with Crippen molar-refractivity contribution in [1.82, 2.24) is 0 Å². The van der Waals surface area contributed by atoms with Crippen LogP contribution in [0.1, 0.15) is 27.4 Å². The number of aryl methyl sites for hydroxylation is 1. The van der Waals surface area contributed by atoms with E-state index < -0.39 is 0 Å². The number of furan rings is 1. The Hall–Kier alpha value is -2.07. The Morgan fingerprint density at radius 1 is 1.33 bits per heavy atom. The number of anilines is 1. The molecule has 0 bridgehead atoms. The number of hydrogen-bond acceptors (Lipinski definition) is 4. The lowest BCUT2D eigenvalue weighted by Gasteiger charge is -2.02. The second kappa shape index (κ2) is 5.06. The van der Waals surface area contributed by atoms with Crippen molar-refractivity contribution in [2.45, 2.75) is 13.5 Å². The molecule has 0 amide bonds. The van der Waals surface area contributed by atoms with E-state index in [9.17, 15) is 4.79 Å². The highest BCUT2D eigenvalue weighted by Crippen LogP contribution is 2.18. The molecule has 0 saturated heterocycles. The van der Waals surface area contributed by atoms with E-state index in [0.717, 1.165) is 5.56 Å². The topological polar surface area (TPSA) is 65.5 Å². The molecule has 2 aromatic rings. The third kappa shape index (κ3) is 2.43. The SMILES string of the molecule is COCc1ccc(C(=O)c2ccc(C)c(N)c2)o1. The van der Waals surface area contributed by atoms with Crippen LogP contribution in [0.25, 0.3) is 0 Å². The van der Waals surface area contributed by atoms with E-state index in [0.29, 0.717) is 29.4 Å². The molecule has 0 spiro atoms. The van der Waals surface area contributed by atoms with Gasteiger partial charge in [0.15, 0.2) is 5.76 Å². The van der Waals surface area contributed by atoms with Crippen molar-refractivity contribution < 1.29 is 13.9 Å². The summed E-state index contributed by atoms with van der Waals surface area (Å²) in [5.74, 6) is 0.746. The average Bonchev–Trinajstić information content (AvgIpc) is 2.81. The quantitative estimate of drug-likeness (QED) is 0.664. The monoisotopic (exact) mass is 245 g/mol. The minimum absolute atomic E-state index is 0.177. The van der Waals surface area contributed by atoms with Crippen LogP contribution in [-0.2, 0) is 11.3 Å². The maximum absolute atomic E-state index is 12.1. The first-order valence-corrected chi connectivity index (χ1v) is 5.60. The normalized spacial score (nSPS) is 10.6. The number of nitrogen functional groups attached to an aromatic ring is 1. The summed E-state index contributed by atoms with van der Waals surface area (Å²) in [6.45, 7) is 2.25. The van der Waals surface area contributed by atoms with Gasteiger partial charge in [-0.2, -0.15) is 0 Å². The van der Waals surface area contributed by atoms with Gasteiger partial charge in [-0.1, -0.05) is 12.1 Å². The van der Waals surface area contributed by atoms with Gasteiger partial charge in [0.05, 0.1) is 0 Å². The van der Waals surface area contributed by atoms with Gasteiger partial charge in [-0.3, -0.25) is 4.79 Å². The minimum Gasteiger partial charge on any atom is -0.455 e. The van der Waals surface area contributed by atoms with Gasteiger partial charge in [0.1, 0.15) is 12.4 Å². The summed E-state index contributed by atoms with van der Waals surface area (Å²) in [5.41, 5.74) is 7.86. The van der Waals surface area contributed by atoms with Gasteiger partial charge in [0, 0.05) is 18.4 Å². The fraction of sp³-hybridized carbons (Fsp3) is 0.214. The molecule has 0 aliphatic rings. The molecule has 2 N–H and O–H groups in total. The highest BCUT2D eigenvalue weighted by atomic mass is 16.5. The zero-order chi connectivity index (χ0) is 13.1. The first-order chi connectivity index (χ1) is 8.61. The van der Waals surface area contributed by atoms with Crippen LogP contribution in [0.5, 0.6) is 0 Å². The molecular formula is C14H15NO3. The van der Waals surface area contributed by atoms with E-state index in [4.69, 9.17) is 14.9 Å². The second-order valence-corrected chi connectivity index (χ2v) is 4.10. The number of methoxy groups -OCH3 is 1. The predicted molar refractivity (Wildman–Crippen MR) is 68.4 cm³/mol. The van der Waals surface area contributed by atoms with Gasteiger partial charge in [-0.25, -0.2) is 0 Å². The summed E-state index contributed by atoms with van der Waals surface area (Å²) in [4.78, 5) is 12.1. The standard InChI is InChI=1S/C14H15NO3/c1-9-3-4-10(7-12(9)15)14(16)13-6-5-11(18-13)8-17-2/h3-7H,8,15H2,1-2H3. The Balaban J connectivity index is 2.26. The number of carbonyl (C=O) groups is 1. The third-order valence-electron chi connectivity index (χ3n) is 2.71. The molecule has 4 nitrogen and oxygen atoms in total. The van der Waals surface area contributed by atoms with Gasteiger partial charge >= 0.3 is 0 Å². The number of carbonyl (C=O) groups excluding carboxylic acids is 1. The molecular weight excluding hydrogens is 230 g/mol. The fourth-order valence-corrected chi connectivity index (χ4v) is 1.64.